The molecule has 1 aliphatic rings. The summed E-state index contributed by atoms with van der Waals surface area (Å²) < 4.78 is 5.70. The number of amides is 2. The van der Waals surface area contributed by atoms with Gasteiger partial charge in [-0.25, -0.2) is 0 Å². The highest BCUT2D eigenvalue weighted by molar-refractivity contribution is 8.18. The van der Waals surface area contributed by atoms with Crippen LogP contribution in [0, 0.1) is 0 Å². The first-order valence-corrected chi connectivity index (χ1v) is 8.37. The van der Waals surface area contributed by atoms with Crippen LogP contribution < -0.4 is 4.74 Å². The van der Waals surface area contributed by atoms with E-state index in [1.165, 1.54) is 4.90 Å². The zero-order chi connectivity index (χ0) is 16.3. The Balaban J connectivity index is 2.21. The molecule has 0 radical (unpaired) electrons. The van der Waals surface area contributed by atoms with E-state index in [0.29, 0.717) is 22.2 Å². The molecule has 0 bridgehead atoms. The number of hydrogen-bond donors (Lipinski definition) is 0. The number of ether oxygens (including phenoxy) is 1. The maximum absolute atomic E-state index is 12.0. The monoisotopic (exact) mass is 339 g/mol. The Morgan fingerprint density at radius 2 is 2.09 bits per heavy atom. The molecule has 1 aromatic carbocycles. The van der Waals surface area contributed by atoms with E-state index in [1.54, 1.807) is 25.1 Å². The van der Waals surface area contributed by atoms with E-state index in [9.17, 15) is 9.59 Å². The van der Waals surface area contributed by atoms with Crippen LogP contribution in [0.2, 0.25) is 5.02 Å². The lowest BCUT2D eigenvalue weighted by molar-refractivity contribution is -0.122. The number of nitrogens with zero attached hydrogens (tertiary/aromatic N) is 1. The zero-order valence-electron chi connectivity index (χ0n) is 12.8. The van der Waals surface area contributed by atoms with Gasteiger partial charge < -0.3 is 4.74 Å². The summed E-state index contributed by atoms with van der Waals surface area (Å²) in [6, 6.07) is 5.34. The molecule has 0 aliphatic carbocycles. The summed E-state index contributed by atoms with van der Waals surface area (Å²) in [5, 5.41) is 0.255. The minimum absolute atomic E-state index is 0.0874. The van der Waals surface area contributed by atoms with Gasteiger partial charge in [0.25, 0.3) is 11.1 Å². The number of halogens is 1. The number of imide groups is 1. The summed E-state index contributed by atoms with van der Waals surface area (Å²) in [5.74, 6) is 0.364. The predicted octanol–water partition coefficient (Wildman–Crippen LogP) is 4.57. The minimum Gasteiger partial charge on any atom is -0.489 e. The van der Waals surface area contributed by atoms with Crippen molar-refractivity contribution in [3.8, 4) is 5.75 Å². The highest BCUT2D eigenvalue weighted by Crippen LogP contribution is 2.33. The van der Waals surface area contributed by atoms with Crippen LogP contribution in [0.25, 0.3) is 6.08 Å². The SMILES string of the molecule is CC[C@@H](C)Oc1ccc(/C=C2/SC(=O)N(CC)C2=O)cc1Cl. The first-order chi connectivity index (χ1) is 10.5. The maximum atomic E-state index is 12.0. The number of hydrogen-bond acceptors (Lipinski definition) is 4. The summed E-state index contributed by atoms with van der Waals surface area (Å²) in [4.78, 5) is 25.4. The lowest BCUT2D eigenvalue weighted by atomic mass is 10.2. The molecule has 1 aromatic rings. The van der Waals surface area contributed by atoms with Crippen LogP contribution in [0.15, 0.2) is 23.1 Å². The minimum atomic E-state index is -0.256. The highest BCUT2D eigenvalue weighted by atomic mass is 35.5. The van der Waals surface area contributed by atoms with Crippen LogP contribution in [-0.2, 0) is 4.79 Å². The number of carbonyl (C=O) groups is 2. The van der Waals surface area contributed by atoms with Crippen LogP contribution in [0.5, 0.6) is 5.75 Å². The van der Waals surface area contributed by atoms with Gasteiger partial charge in [-0.3, -0.25) is 14.5 Å². The van der Waals surface area contributed by atoms with Crippen molar-refractivity contribution < 1.29 is 14.3 Å². The smallest absolute Gasteiger partial charge is 0.293 e. The van der Waals surface area contributed by atoms with E-state index in [0.717, 1.165) is 23.7 Å². The van der Waals surface area contributed by atoms with E-state index in [1.807, 2.05) is 19.9 Å². The fourth-order valence-corrected chi connectivity index (χ4v) is 3.06. The van der Waals surface area contributed by atoms with Gasteiger partial charge in [-0.1, -0.05) is 24.6 Å². The molecule has 1 atom stereocenters. The van der Waals surface area contributed by atoms with Gasteiger partial charge in [-0.15, -0.1) is 0 Å². The van der Waals surface area contributed by atoms with Gasteiger partial charge >= 0.3 is 0 Å². The summed E-state index contributed by atoms with van der Waals surface area (Å²) in [6.45, 7) is 6.17. The first-order valence-electron chi connectivity index (χ1n) is 7.17. The molecule has 2 amide bonds. The Kier molecular flexibility index (Phi) is 5.53. The van der Waals surface area contributed by atoms with E-state index in [-0.39, 0.29) is 17.3 Å². The molecule has 6 heteroatoms. The number of likely N-dealkylation sites (N-methyl/N-ethyl adjacent to an activating group) is 1. The third kappa shape index (κ3) is 3.65. The van der Waals surface area contributed by atoms with Crippen LogP contribution in [0.4, 0.5) is 4.79 Å². The first kappa shape index (κ1) is 16.9. The second kappa shape index (κ2) is 7.20. The van der Waals surface area contributed by atoms with Gasteiger partial charge in [0.05, 0.1) is 16.0 Å². The van der Waals surface area contributed by atoms with E-state index in [4.69, 9.17) is 16.3 Å². The van der Waals surface area contributed by atoms with Crippen molar-refractivity contribution in [2.75, 3.05) is 6.54 Å². The summed E-state index contributed by atoms with van der Waals surface area (Å²) >= 11 is 7.16. The molecule has 22 heavy (non-hydrogen) atoms. The van der Waals surface area contributed by atoms with Gasteiger partial charge in [-0.05, 0) is 55.8 Å². The highest BCUT2D eigenvalue weighted by Gasteiger charge is 2.33. The Labute approximate surface area is 139 Å². The molecule has 1 heterocycles. The Morgan fingerprint density at radius 1 is 1.36 bits per heavy atom. The van der Waals surface area contributed by atoms with Crippen molar-refractivity contribution in [3.63, 3.8) is 0 Å². The van der Waals surface area contributed by atoms with E-state index in [2.05, 4.69) is 0 Å². The zero-order valence-corrected chi connectivity index (χ0v) is 14.3. The van der Waals surface area contributed by atoms with Crippen molar-refractivity contribution in [2.24, 2.45) is 0 Å². The molecule has 0 unspecified atom stereocenters. The van der Waals surface area contributed by atoms with Crippen LogP contribution in [-0.4, -0.2) is 28.7 Å². The molecule has 1 aliphatic heterocycles. The molecule has 4 nitrogen and oxygen atoms in total. The van der Waals surface area contributed by atoms with Gasteiger partial charge in [-0.2, -0.15) is 0 Å². The Bertz CT molecular complexity index is 630. The van der Waals surface area contributed by atoms with E-state index >= 15 is 0 Å². The fraction of sp³-hybridized carbons (Fsp3) is 0.375. The van der Waals surface area contributed by atoms with E-state index < -0.39 is 0 Å². The number of carbonyl (C=O) groups excluding carboxylic acids is 2. The molecule has 1 fully saturated rings. The van der Waals surface area contributed by atoms with Crippen LogP contribution in [0.3, 0.4) is 0 Å². The van der Waals surface area contributed by atoms with Crippen molar-refractivity contribution in [1.29, 1.82) is 0 Å². The van der Waals surface area contributed by atoms with Crippen LogP contribution in [0.1, 0.15) is 32.8 Å². The average molecular weight is 340 g/mol. The Hall–Kier alpha value is -1.46. The van der Waals surface area contributed by atoms with Crippen molar-refractivity contribution in [3.05, 3.63) is 33.7 Å². The fourth-order valence-electron chi connectivity index (χ4n) is 1.93. The molecular formula is C16H18ClNO3S. The molecule has 2 rings (SSSR count). The third-order valence-corrected chi connectivity index (χ3v) is 4.55. The van der Waals surface area contributed by atoms with Crippen molar-refractivity contribution in [2.45, 2.75) is 33.3 Å². The van der Waals surface area contributed by atoms with Gasteiger partial charge in [0.2, 0.25) is 0 Å². The molecule has 118 valence electrons. The number of rotatable bonds is 5. The Morgan fingerprint density at radius 3 is 2.64 bits per heavy atom. The second-order valence-corrected chi connectivity index (χ2v) is 6.35. The quantitative estimate of drug-likeness (QED) is 0.737. The lowest BCUT2D eigenvalue weighted by Gasteiger charge is -2.14. The second-order valence-electron chi connectivity index (χ2n) is 4.95. The summed E-state index contributed by atoms with van der Waals surface area (Å²) in [5.41, 5.74) is 0.767. The van der Waals surface area contributed by atoms with Crippen molar-refractivity contribution >= 4 is 40.6 Å². The summed E-state index contributed by atoms with van der Waals surface area (Å²) in [7, 11) is 0. The van der Waals surface area contributed by atoms with Gasteiger partial charge in [0.15, 0.2) is 0 Å². The molecule has 0 aromatic heterocycles. The van der Waals surface area contributed by atoms with Crippen LogP contribution >= 0.6 is 23.4 Å². The van der Waals surface area contributed by atoms with Gasteiger partial charge in [0, 0.05) is 6.54 Å². The molecule has 0 N–H and O–H groups in total. The third-order valence-electron chi connectivity index (χ3n) is 3.35. The van der Waals surface area contributed by atoms with Gasteiger partial charge in [0.1, 0.15) is 5.75 Å². The number of benzene rings is 1. The number of thioether (sulfide) groups is 1. The molecule has 0 spiro atoms. The molecule has 1 saturated heterocycles. The largest absolute Gasteiger partial charge is 0.489 e. The molecule has 0 saturated carbocycles. The predicted molar refractivity (Wildman–Crippen MR) is 90.2 cm³/mol. The maximum Gasteiger partial charge on any atom is 0.293 e. The average Bonchev–Trinajstić information content (AvgIpc) is 2.75. The lowest BCUT2D eigenvalue weighted by Crippen LogP contribution is -2.27. The summed E-state index contributed by atoms with van der Waals surface area (Å²) in [6.07, 6.45) is 2.66. The molecular weight excluding hydrogens is 322 g/mol. The topological polar surface area (TPSA) is 46.6 Å². The standard InChI is InChI=1S/C16H18ClNO3S/c1-4-10(3)21-13-7-6-11(8-12(13)17)9-14-15(19)18(5-2)16(20)22-14/h6-10H,4-5H2,1-3H3/b14-9+/t10-/m1/s1. The van der Waals surface area contributed by atoms with Crippen molar-refractivity contribution in [1.82, 2.24) is 4.90 Å². The normalized spacial score (nSPS) is 18.2.